The average Bonchev–Trinajstić information content (AvgIpc) is 0.883. The molecule has 0 aromatic rings. The normalized spacial score (nSPS) is 14.0. The Labute approximate surface area is 632 Å². The smallest absolute Gasteiger partial charge is 0.236 e. The summed E-state index contributed by atoms with van der Waals surface area (Å²) in [6.45, 7) is 29.1. The number of rotatable bonds is 61. The van der Waals surface area contributed by atoms with Gasteiger partial charge in [0.1, 0.15) is 18.0 Å². The van der Waals surface area contributed by atoms with Crippen LogP contribution in [0, 0.1) is 22.7 Å². The second-order valence-corrected chi connectivity index (χ2v) is 34.8. The third kappa shape index (κ3) is 56.8. The van der Waals surface area contributed by atoms with Gasteiger partial charge in [0.2, 0.25) is 29.5 Å². The molecule has 0 rings (SSSR count). The molecule has 25 nitrogen and oxygen atoms in total. The molecule has 0 saturated heterocycles. The van der Waals surface area contributed by atoms with E-state index in [1.54, 1.807) is 41.5 Å². The Balaban J connectivity index is -0.00000176. The van der Waals surface area contributed by atoms with Crippen molar-refractivity contribution in [2.24, 2.45) is 22.7 Å². The molecule has 9 N–H and O–H groups in total. The molecule has 0 aromatic carbocycles. The molecule has 4 unspecified atom stereocenters. The lowest BCUT2D eigenvalue weighted by molar-refractivity contribution is -0.130. The van der Waals surface area contributed by atoms with Crippen molar-refractivity contribution in [3.63, 3.8) is 0 Å². The van der Waals surface area contributed by atoms with Gasteiger partial charge in [-0.15, -0.1) is 8.58 Å². The molecule has 0 aliphatic carbocycles. The molecule has 0 saturated carbocycles. The van der Waals surface area contributed by atoms with Crippen LogP contribution in [0.5, 0.6) is 0 Å². The minimum Gasteiger partial charge on any atom is -0.394 e. The number of ether oxygens (including phenoxy) is 10. The van der Waals surface area contributed by atoms with Crippen molar-refractivity contribution < 1.29 is 96.6 Å². The second-order valence-electron chi connectivity index (χ2n) is 25.5. The van der Waals surface area contributed by atoms with Gasteiger partial charge in [0.25, 0.3) is 0 Å². The highest BCUT2D eigenvalue weighted by Gasteiger charge is 2.38. The van der Waals surface area contributed by atoms with Gasteiger partial charge in [-0.25, -0.2) is 0 Å². The van der Waals surface area contributed by atoms with Gasteiger partial charge in [0.05, 0.1) is 157 Å². The quantitative estimate of drug-likeness (QED) is 0.0172. The van der Waals surface area contributed by atoms with E-state index in [9.17, 15) is 39.0 Å². The fourth-order valence-electron chi connectivity index (χ4n) is 7.98. The predicted octanol–water partition coefficient (Wildman–Crippen LogP) is 6.77. The summed E-state index contributed by atoms with van der Waals surface area (Å²) < 4.78 is 53.7. The Kier molecular flexibility index (Phi) is 63.5. The van der Waals surface area contributed by atoms with Gasteiger partial charge in [-0.3, -0.25) is 28.8 Å². The Morgan fingerprint density at radius 1 is 0.433 bits per heavy atom. The third-order valence-electron chi connectivity index (χ3n) is 14.5. The first-order chi connectivity index (χ1) is 45.6. The molecule has 576 valence electrons. The molecule has 0 aromatic heterocycles. The van der Waals surface area contributed by atoms with Crippen LogP contribution in [0.1, 0.15) is 121 Å². The van der Waals surface area contributed by atoms with Gasteiger partial charge < -0.3 is 94.4 Å². The third-order valence-corrected chi connectivity index (χ3v) is 17.0. The van der Waals surface area contributed by atoms with Crippen molar-refractivity contribution in [3.05, 3.63) is 0 Å². The van der Waals surface area contributed by atoms with Gasteiger partial charge in [-0.05, 0) is 99.8 Å². The van der Waals surface area contributed by atoms with E-state index >= 15 is 0 Å². The van der Waals surface area contributed by atoms with Crippen molar-refractivity contribution in [1.82, 2.24) is 26.6 Å². The minimum atomic E-state index is -0.884. The number of aliphatic hydroxyl groups is 4. The predicted molar refractivity (Wildman–Crippen MR) is 404 cm³/mol. The van der Waals surface area contributed by atoms with E-state index in [1.807, 2.05) is 27.7 Å². The largest absolute Gasteiger partial charge is 0.394 e. The van der Waals surface area contributed by atoms with E-state index in [0.29, 0.717) is 150 Å². The summed E-state index contributed by atoms with van der Waals surface area (Å²) in [7, 11) is 1.08. The molecule has 32 heteroatoms. The summed E-state index contributed by atoms with van der Waals surface area (Å²) in [5.74, 6) is -0.808. The molecule has 4 atom stereocenters. The molecular formula is C65H124Br6N5O20P. The van der Waals surface area contributed by atoms with Crippen molar-refractivity contribution in [2.45, 2.75) is 151 Å². The molecule has 5 amide bonds. The summed E-state index contributed by atoms with van der Waals surface area (Å²) in [4.78, 5) is 76.6. The lowest BCUT2D eigenvalue weighted by Crippen LogP contribution is -2.52. The molecule has 97 heavy (non-hydrogen) atoms. The van der Waals surface area contributed by atoms with Crippen LogP contribution in [0.3, 0.4) is 0 Å². The zero-order chi connectivity index (χ0) is 74.3. The number of halogens is 6. The fraction of sp³-hybridized carbons (Fsp3) is 0.908. The number of nitrogens with one attached hydrogen (secondary N) is 5. The Bertz CT molecular complexity index is 1920. The lowest BCUT2D eigenvalue weighted by atomic mass is 9.81. The number of ketones is 1. The van der Waals surface area contributed by atoms with Gasteiger partial charge in [-0.2, -0.15) is 0 Å². The molecule has 0 bridgehead atoms. The summed E-state index contributed by atoms with van der Waals surface area (Å²) >= 11 is 20.4. The van der Waals surface area contributed by atoms with Gasteiger partial charge in [-0.1, -0.05) is 123 Å². The first-order valence-corrected chi connectivity index (χ1v) is 41.1. The fourth-order valence-corrected chi connectivity index (χ4v) is 10.8. The van der Waals surface area contributed by atoms with Gasteiger partial charge in [0, 0.05) is 77.8 Å². The van der Waals surface area contributed by atoms with E-state index in [4.69, 9.17) is 57.6 Å². The Morgan fingerprint density at radius 2 is 0.763 bits per heavy atom. The van der Waals surface area contributed by atoms with Gasteiger partial charge in [0.15, 0.2) is 0 Å². The summed E-state index contributed by atoms with van der Waals surface area (Å²) in [6.07, 6.45) is 2.44. The van der Waals surface area contributed by atoms with E-state index in [0.717, 1.165) is 32.1 Å². The van der Waals surface area contributed by atoms with Crippen molar-refractivity contribution >= 4 is 139 Å². The van der Waals surface area contributed by atoms with Crippen molar-refractivity contribution in [1.29, 1.82) is 0 Å². The number of carbonyl (C=O) groups excluding carboxylic acids is 6. The van der Waals surface area contributed by atoms with E-state index in [1.165, 1.54) is 0 Å². The zero-order valence-electron chi connectivity index (χ0n) is 60.1. The Hall–Kier alpha value is -0.230. The number of amides is 5. The maximum Gasteiger partial charge on any atom is 0.236 e. The molecular weight excluding hydrogens is 1680 g/mol. The molecule has 0 spiro atoms. The lowest BCUT2D eigenvalue weighted by Gasteiger charge is -2.36. The van der Waals surface area contributed by atoms with E-state index < -0.39 is 41.6 Å². The molecule has 0 aliphatic rings. The van der Waals surface area contributed by atoms with Crippen LogP contribution in [-0.4, -0.2) is 287 Å². The van der Waals surface area contributed by atoms with Crippen LogP contribution >= 0.6 is 104 Å². The van der Waals surface area contributed by atoms with Crippen LogP contribution in [0.4, 0.5) is 0 Å². The summed E-state index contributed by atoms with van der Waals surface area (Å²) in [5, 5.41) is 53.2. The number of alkyl halides is 6. The van der Waals surface area contributed by atoms with E-state index in [-0.39, 0.29) is 113 Å². The molecule has 0 radical (unpaired) electrons. The highest BCUT2D eigenvalue weighted by atomic mass is 79.9. The maximum absolute atomic E-state index is 13.0. The van der Waals surface area contributed by atoms with Crippen LogP contribution in [0.25, 0.3) is 0 Å². The van der Waals surface area contributed by atoms with Crippen molar-refractivity contribution in [2.75, 3.05) is 201 Å². The number of aliphatic hydroxyl groups excluding tert-OH is 4. The van der Waals surface area contributed by atoms with Crippen LogP contribution in [0.15, 0.2) is 0 Å². The van der Waals surface area contributed by atoms with Crippen LogP contribution in [-0.2, 0) is 76.1 Å². The SMILES string of the molecule is CC(C)(Br)C(=O)CCC(CNC(=O)C(C)(C)Br)(CNC(=O)C(C)(C)Br)COCCOCCOCCOCCOCC(O)CO.CC(CCBr)C(=O)NCCC(CCNC(=O)C(C)CCBr)(CCNC(=O)C(C)(C)CCBr)OCCOCCOCCOCCOCC(O)CO.CPC. The van der Waals surface area contributed by atoms with Crippen LogP contribution in [0.2, 0.25) is 0 Å². The van der Waals surface area contributed by atoms with Gasteiger partial charge >= 0.3 is 0 Å². The summed E-state index contributed by atoms with van der Waals surface area (Å²) in [6, 6.07) is 0. The summed E-state index contributed by atoms with van der Waals surface area (Å²) in [5.41, 5.74) is -2.04. The maximum atomic E-state index is 13.0. The minimum absolute atomic E-state index is 0.00104. The monoisotopic (exact) mass is 1800 g/mol. The number of hydrogen-bond donors (Lipinski definition) is 9. The number of carbonyl (C=O) groups is 6. The molecule has 0 aliphatic heterocycles. The number of Topliss-reactive ketones (excluding diaryl/α,β-unsaturated/α-hetero) is 1. The highest BCUT2D eigenvalue weighted by Crippen LogP contribution is 2.30. The topological polar surface area (TPSA) is 336 Å². The average molecular weight is 1810 g/mol. The molecule has 0 fully saturated rings. The zero-order valence-corrected chi connectivity index (χ0v) is 70.6. The second kappa shape index (κ2) is 61.0. The molecule has 0 heterocycles. The van der Waals surface area contributed by atoms with Crippen LogP contribution < -0.4 is 26.6 Å². The standard InChI is InChI=1S/C34H64Br3N3O10.C29H53Br3N2O10.C2H7P/c1-27(5-11-35)30(43)38-14-8-34(9-15-39-31(44)28(2)6-12-36,10-16-40-32(45)33(3,4)7-13-37)50-24-23-48-20-19-46-17-18-47-21-22-49-26-29(42)25-41;1-26(2,30)23(37)7-8-29(19-33-24(38)27(3,4)31,20-34-25(39)28(5,6)32)21-44-16-14-42-12-10-40-9-11-41-13-15-43-18-22(36)17-35;1-3-2/h27-29,41-42H,5-26H2,1-4H3,(H,38,43)(H,39,44)(H,40,45);22,35-36H,7-21H2,1-6H3,(H,33,38)(H,34,39);3H,1-2H3. The first kappa shape index (κ1) is 101. The Morgan fingerprint density at radius 3 is 1.08 bits per heavy atom. The van der Waals surface area contributed by atoms with E-state index in [2.05, 4.69) is 135 Å². The van der Waals surface area contributed by atoms with Crippen molar-refractivity contribution in [3.8, 4) is 0 Å². The number of hydrogen-bond acceptors (Lipinski definition) is 20. The highest BCUT2D eigenvalue weighted by molar-refractivity contribution is 9.10. The first-order valence-electron chi connectivity index (χ1n) is 33.3.